The number of hydrogen-bond acceptors (Lipinski definition) is 2. The third-order valence-electron chi connectivity index (χ3n) is 1.30. The fraction of sp³-hybridized carbons (Fsp3) is 0.333. The second-order valence-corrected chi connectivity index (χ2v) is 3.95. The average molecular weight is 338 g/mol. The van der Waals surface area contributed by atoms with Crippen LogP contribution in [0.5, 0.6) is 0 Å². The van der Waals surface area contributed by atoms with Gasteiger partial charge in [0.15, 0.2) is 5.69 Å². The molecule has 0 saturated carbocycles. The number of halogens is 5. The van der Waals surface area contributed by atoms with E-state index in [1.54, 1.807) is 0 Å². The molecule has 1 aromatic rings. The summed E-state index contributed by atoms with van der Waals surface area (Å²) in [5.74, 6) is 0. The van der Waals surface area contributed by atoms with Crippen molar-refractivity contribution in [3.8, 4) is 0 Å². The molecule has 0 aliphatic carbocycles. The Bertz CT molecular complexity index is 362. The molecule has 0 N–H and O–H groups in total. The molecule has 0 spiro atoms. The van der Waals surface area contributed by atoms with Gasteiger partial charge in [-0.2, -0.15) is 18.3 Å². The summed E-state index contributed by atoms with van der Waals surface area (Å²) in [5.41, 5.74) is -1.10. The van der Waals surface area contributed by atoms with Crippen LogP contribution in [0.3, 0.4) is 0 Å². The van der Waals surface area contributed by atoms with Crippen molar-refractivity contribution >= 4 is 38.0 Å². The summed E-state index contributed by atoms with van der Waals surface area (Å²) in [6.07, 6.45) is -4.54. The number of aromatic nitrogens is 2. The standard InChI is InChI=1S/C6H3ClF3IN2O/c7-4-1-3(6(8,9)10)12-13(4)2-5(11)14/h1H,2H2. The summed E-state index contributed by atoms with van der Waals surface area (Å²) in [6.45, 7) is -0.268. The van der Waals surface area contributed by atoms with E-state index in [-0.39, 0.29) is 15.5 Å². The summed E-state index contributed by atoms with van der Waals surface area (Å²) in [5, 5.41) is 2.95. The van der Waals surface area contributed by atoms with Gasteiger partial charge in [0.25, 0.3) is 0 Å². The quantitative estimate of drug-likeness (QED) is 0.613. The Morgan fingerprint density at radius 2 is 2.21 bits per heavy atom. The van der Waals surface area contributed by atoms with Crippen molar-refractivity contribution in [3.05, 3.63) is 16.9 Å². The van der Waals surface area contributed by atoms with E-state index in [0.29, 0.717) is 6.07 Å². The monoisotopic (exact) mass is 338 g/mol. The van der Waals surface area contributed by atoms with E-state index >= 15 is 0 Å². The predicted octanol–water partition coefficient (Wildman–Crippen LogP) is 2.52. The molecule has 0 saturated heterocycles. The summed E-state index contributed by atoms with van der Waals surface area (Å²) in [4.78, 5) is 10.6. The molecule has 0 radical (unpaired) electrons. The van der Waals surface area contributed by atoms with Gasteiger partial charge >= 0.3 is 6.18 Å². The Morgan fingerprint density at radius 3 is 2.57 bits per heavy atom. The number of carbonyl (C=O) groups is 1. The highest BCUT2D eigenvalue weighted by Crippen LogP contribution is 2.29. The van der Waals surface area contributed by atoms with Crippen molar-refractivity contribution in [3.63, 3.8) is 0 Å². The molecule has 1 aromatic heterocycles. The molecule has 3 nitrogen and oxygen atoms in total. The topological polar surface area (TPSA) is 34.9 Å². The lowest BCUT2D eigenvalue weighted by atomic mass is 10.4. The number of nitrogens with zero attached hydrogens (tertiary/aromatic N) is 2. The first-order valence-corrected chi connectivity index (χ1v) is 4.75. The SMILES string of the molecule is O=C(I)Cn1nc(C(F)(F)F)cc1Cl. The summed E-state index contributed by atoms with van der Waals surface area (Å²) in [6, 6.07) is 0.682. The maximum absolute atomic E-state index is 12.1. The Balaban J connectivity index is 2.99. The molecule has 0 bridgehead atoms. The van der Waals surface area contributed by atoms with Gasteiger partial charge in [-0.1, -0.05) is 11.6 Å². The molecule has 1 heterocycles. The van der Waals surface area contributed by atoms with Crippen molar-refractivity contribution in [1.29, 1.82) is 0 Å². The van der Waals surface area contributed by atoms with E-state index in [4.69, 9.17) is 11.6 Å². The van der Waals surface area contributed by atoms with Crippen LogP contribution in [0.1, 0.15) is 5.69 Å². The number of carbonyl (C=O) groups excluding carboxylic acids is 1. The van der Waals surface area contributed by atoms with E-state index in [0.717, 1.165) is 4.68 Å². The minimum absolute atomic E-state index is 0.206. The lowest BCUT2D eigenvalue weighted by Gasteiger charge is -2.00. The van der Waals surface area contributed by atoms with Crippen LogP contribution in [0.4, 0.5) is 13.2 Å². The number of alkyl halides is 3. The fourth-order valence-electron chi connectivity index (χ4n) is 0.761. The molecule has 0 amide bonds. The van der Waals surface area contributed by atoms with Crippen LogP contribution in [-0.2, 0) is 17.5 Å². The van der Waals surface area contributed by atoms with Crippen LogP contribution in [-0.4, -0.2) is 13.6 Å². The van der Waals surface area contributed by atoms with Crippen LogP contribution in [0.25, 0.3) is 0 Å². The molecule has 14 heavy (non-hydrogen) atoms. The molecule has 0 aliphatic heterocycles. The van der Waals surface area contributed by atoms with Crippen molar-refractivity contribution in [2.24, 2.45) is 0 Å². The van der Waals surface area contributed by atoms with Gasteiger partial charge in [0, 0.05) is 28.7 Å². The number of rotatable bonds is 2. The fourth-order valence-corrected chi connectivity index (χ4v) is 1.29. The van der Waals surface area contributed by atoms with Crippen molar-refractivity contribution in [2.75, 3.05) is 0 Å². The van der Waals surface area contributed by atoms with Gasteiger partial charge in [0.05, 0.1) is 0 Å². The smallest absolute Gasteiger partial charge is 0.286 e. The van der Waals surface area contributed by atoms with Gasteiger partial charge < -0.3 is 0 Å². The Kier molecular flexibility index (Phi) is 3.40. The Labute approximate surface area is 95.4 Å². The Morgan fingerprint density at radius 1 is 1.64 bits per heavy atom. The molecule has 78 valence electrons. The van der Waals surface area contributed by atoms with E-state index in [1.807, 2.05) is 0 Å². The van der Waals surface area contributed by atoms with Crippen LogP contribution >= 0.6 is 34.2 Å². The molecule has 0 atom stereocenters. The van der Waals surface area contributed by atoms with Gasteiger partial charge in [0.1, 0.15) is 11.7 Å². The van der Waals surface area contributed by atoms with Crippen LogP contribution in [0.2, 0.25) is 5.15 Å². The zero-order valence-corrected chi connectivity index (χ0v) is 9.39. The van der Waals surface area contributed by atoms with Crippen LogP contribution in [0.15, 0.2) is 6.07 Å². The molecule has 0 aliphatic rings. The molecule has 8 heteroatoms. The molecule has 0 aromatic carbocycles. The van der Waals surface area contributed by atoms with E-state index in [9.17, 15) is 18.0 Å². The third-order valence-corrected chi connectivity index (χ3v) is 1.94. The highest BCUT2D eigenvalue weighted by Gasteiger charge is 2.34. The first kappa shape index (κ1) is 11.8. The highest BCUT2D eigenvalue weighted by atomic mass is 127. The second kappa shape index (κ2) is 4.05. The zero-order chi connectivity index (χ0) is 10.9. The van der Waals surface area contributed by atoms with Gasteiger partial charge in [-0.05, 0) is 0 Å². The highest BCUT2D eigenvalue weighted by molar-refractivity contribution is 14.1. The van der Waals surface area contributed by atoms with Gasteiger partial charge in [0.2, 0.25) is 3.79 Å². The molecular weight excluding hydrogens is 335 g/mol. The largest absolute Gasteiger partial charge is 0.435 e. The van der Waals surface area contributed by atoms with Crippen molar-refractivity contribution in [2.45, 2.75) is 12.7 Å². The van der Waals surface area contributed by atoms with E-state index in [2.05, 4.69) is 5.10 Å². The lowest BCUT2D eigenvalue weighted by molar-refractivity contribution is -0.141. The summed E-state index contributed by atoms with van der Waals surface area (Å²) < 4.78 is 36.8. The second-order valence-electron chi connectivity index (χ2n) is 2.36. The van der Waals surface area contributed by atoms with Gasteiger partial charge in [-0.3, -0.25) is 4.79 Å². The summed E-state index contributed by atoms with van der Waals surface area (Å²) >= 11 is 6.89. The minimum Gasteiger partial charge on any atom is -0.286 e. The normalized spacial score (nSPS) is 11.8. The first-order chi connectivity index (χ1) is 6.30. The maximum Gasteiger partial charge on any atom is 0.435 e. The van der Waals surface area contributed by atoms with Gasteiger partial charge in [-0.25, -0.2) is 4.68 Å². The van der Waals surface area contributed by atoms with Gasteiger partial charge in [-0.15, -0.1) is 0 Å². The molecular formula is C6H3ClF3IN2O. The Hall–Kier alpha value is -0.310. The maximum atomic E-state index is 12.1. The predicted molar refractivity (Wildman–Crippen MR) is 51.3 cm³/mol. The van der Waals surface area contributed by atoms with E-state index < -0.39 is 11.9 Å². The average Bonchev–Trinajstić information content (AvgIpc) is 2.30. The molecule has 1 rings (SSSR count). The van der Waals surface area contributed by atoms with Crippen molar-refractivity contribution < 1.29 is 18.0 Å². The van der Waals surface area contributed by atoms with Crippen LogP contribution < -0.4 is 0 Å². The first-order valence-electron chi connectivity index (χ1n) is 3.29. The molecule has 0 unspecified atom stereocenters. The molecule has 0 fully saturated rings. The summed E-state index contributed by atoms with van der Waals surface area (Å²) in [7, 11) is 0. The zero-order valence-electron chi connectivity index (χ0n) is 6.48. The number of hydrogen-bond donors (Lipinski definition) is 0. The lowest BCUT2D eigenvalue weighted by Crippen LogP contribution is -2.10. The minimum atomic E-state index is -4.54. The van der Waals surface area contributed by atoms with Crippen molar-refractivity contribution in [1.82, 2.24) is 9.78 Å². The van der Waals surface area contributed by atoms with Crippen LogP contribution in [0, 0.1) is 0 Å². The third kappa shape index (κ3) is 2.84. The van der Waals surface area contributed by atoms with E-state index in [1.165, 1.54) is 22.6 Å².